The monoisotopic (exact) mass is 438 g/mol. The molecule has 2 aromatic carbocycles. The molecule has 0 bridgehead atoms. The number of methoxy groups -OCH3 is 2. The van der Waals surface area contributed by atoms with Crippen molar-refractivity contribution in [3.8, 4) is 11.5 Å². The van der Waals surface area contributed by atoms with Crippen LogP contribution in [-0.2, 0) is 22.5 Å². The number of nitrogens with zero attached hydrogens (tertiary/aromatic N) is 1. The normalized spacial score (nSPS) is 12.9. The minimum Gasteiger partial charge on any atom is -0.493 e. The molecule has 1 aliphatic rings. The Balaban J connectivity index is 1.66. The SMILES string of the molecule is COc1cc2c(cc1OC)CN(C(=O)COC(=O)c1cc(Cl)cc(Cl)c1N)CC2. The van der Waals surface area contributed by atoms with Crippen LogP contribution < -0.4 is 15.2 Å². The Hall–Kier alpha value is -2.64. The molecule has 29 heavy (non-hydrogen) atoms. The van der Waals surface area contributed by atoms with E-state index in [1.165, 1.54) is 12.1 Å². The van der Waals surface area contributed by atoms with Crippen LogP contribution in [0, 0.1) is 0 Å². The van der Waals surface area contributed by atoms with E-state index in [9.17, 15) is 9.59 Å². The summed E-state index contributed by atoms with van der Waals surface area (Å²) in [5, 5.41) is 0.396. The zero-order valence-electron chi connectivity index (χ0n) is 16.0. The fraction of sp³-hybridized carbons (Fsp3) is 0.300. The van der Waals surface area contributed by atoms with Gasteiger partial charge in [0.2, 0.25) is 0 Å². The van der Waals surface area contributed by atoms with Crippen LogP contribution in [0.25, 0.3) is 0 Å². The standard InChI is InChI=1S/C20H20Cl2N2O5/c1-27-16-5-11-3-4-24(9-12(11)6-17(16)28-2)18(25)10-29-20(26)14-7-13(21)8-15(22)19(14)23/h5-8H,3-4,9-10,23H2,1-2H3. The molecular weight excluding hydrogens is 419 g/mol. The summed E-state index contributed by atoms with van der Waals surface area (Å²) in [5.74, 6) is 0.174. The Kier molecular flexibility index (Phi) is 6.39. The van der Waals surface area contributed by atoms with Crippen LogP contribution in [0.3, 0.4) is 0 Å². The predicted molar refractivity (Wildman–Crippen MR) is 110 cm³/mol. The lowest BCUT2D eigenvalue weighted by Crippen LogP contribution is -2.38. The lowest BCUT2D eigenvalue weighted by molar-refractivity contribution is -0.135. The van der Waals surface area contributed by atoms with Crippen LogP contribution in [0.4, 0.5) is 5.69 Å². The third-order valence-corrected chi connectivity index (χ3v) is 5.24. The van der Waals surface area contributed by atoms with Crippen LogP contribution in [0.15, 0.2) is 24.3 Å². The van der Waals surface area contributed by atoms with Crippen molar-refractivity contribution in [2.75, 3.05) is 33.1 Å². The quantitative estimate of drug-likeness (QED) is 0.568. The molecule has 0 aliphatic carbocycles. The number of hydrogen-bond acceptors (Lipinski definition) is 6. The van der Waals surface area contributed by atoms with Gasteiger partial charge in [-0.1, -0.05) is 23.2 Å². The number of ether oxygens (including phenoxy) is 3. The second kappa shape index (κ2) is 8.80. The fourth-order valence-electron chi connectivity index (χ4n) is 3.15. The minimum absolute atomic E-state index is 0.0242. The lowest BCUT2D eigenvalue weighted by Gasteiger charge is -2.29. The van der Waals surface area contributed by atoms with E-state index in [1.54, 1.807) is 19.1 Å². The van der Waals surface area contributed by atoms with Crippen molar-refractivity contribution in [2.24, 2.45) is 0 Å². The fourth-order valence-corrected chi connectivity index (χ4v) is 3.64. The molecule has 0 atom stereocenters. The molecule has 0 fully saturated rings. The maximum Gasteiger partial charge on any atom is 0.340 e. The highest BCUT2D eigenvalue weighted by molar-refractivity contribution is 6.37. The third kappa shape index (κ3) is 4.52. The molecule has 1 amide bonds. The van der Waals surface area contributed by atoms with E-state index in [0.717, 1.165) is 11.1 Å². The van der Waals surface area contributed by atoms with Crippen LogP contribution in [-0.4, -0.2) is 44.1 Å². The first-order valence-electron chi connectivity index (χ1n) is 8.77. The van der Waals surface area contributed by atoms with Gasteiger partial charge in [0.1, 0.15) is 0 Å². The van der Waals surface area contributed by atoms with Crippen LogP contribution in [0.1, 0.15) is 21.5 Å². The number of anilines is 1. The molecule has 3 rings (SSSR count). The number of carbonyl (C=O) groups excluding carboxylic acids is 2. The Bertz CT molecular complexity index is 964. The number of esters is 1. The minimum atomic E-state index is -0.760. The van der Waals surface area contributed by atoms with Crippen molar-refractivity contribution in [2.45, 2.75) is 13.0 Å². The molecule has 0 radical (unpaired) electrons. The number of halogens is 2. The summed E-state index contributed by atoms with van der Waals surface area (Å²) in [6.07, 6.45) is 0.659. The number of nitrogens with two attached hydrogens (primary N) is 1. The smallest absolute Gasteiger partial charge is 0.340 e. The molecule has 0 saturated heterocycles. The highest BCUT2D eigenvalue weighted by Gasteiger charge is 2.24. The first-order chi connectivity index (χ1) is 13.8. The van der Waals surface area contributed by atoms with E-state index in [1.807, 2.05) is 12.1 Å². The van der Waals surface area contributed by atoms with Gasteiger partial charge < -0.3 is 24.8 Å². The first kappa shape index (κ1) is 21.1. The largest absolute Gasteiger partial charge is 0.493 e. The third-order valence-electron chi connectivity index (χ3n) is 4.71. The maximum absolute atomic E-state index is 12.5. The van der Waals surface area contributed by atoms with E-state index in [2.05, 4.69) is 0 Å². The Morgan fingerprint density at radius 2 is 1.72 bits per heavy atom. The van der Waals surface area contributed by atoms with Crippen molar-refractivity contribution in [3.05, 3.63) is 51.0 Å². The van der Waals surface area contributed by atoms with E-state index >= 15 is 0 Å². The number of benzene rings is 2. The zero-order valence-corrected chi connectivity index (χ0v) is 17.5. The van der Waals surface area contributed by atoms with E-state index in [0.29, 0.717) is 31.0 Å². The number of amides is 1. The molecule has 0 unspecified atom stereocenters. The average molecular weight is 439 g/mol. The van der Waals surface area contributed by atoms with Gasteiger partial charge in [0.05, 0.1) is 30.5 Å². The van der Waals surface area contributed by atoms with E-state index in [-0.39, 0.29) is 27.2 Å². The number of fused-ring (bicyclic) bond motifs is 1. The summed E-state index contributed by atoms with van der Waals surface area (Å²) in [7, 11) is 3.14. The molecule has 7 nitrogen and oxygen atoms in total. The van der Waals surface area contributed by atoms with Gasteiger partial charge in [-0.05, 0) is 41.8 Å². The van der Waals surface area contributed by atoms with Crippen LogP contribution in [0.2, 0.25) is 10.0 Å². The van der Waals surface area contributed by atoms with Crippen molar-refractivity contribution in [1.29, 1.82) is 0 Å². The Morgan fingerprint density at radius 3 is 2.38 bits per heavy atom. The van der Waals surface area contributed by atoms with Gasteiger partial charge in [0.15, 0.2) is 18.1 Å². The molecule has 0 saturated carbocycles. The predicted octanol–water partition coefficient (Wildman–Crippen LogP) is 3.33. The highest BCUT2D eigenvalue weighted by atomic mass is 35.5. The summed E-state index contributed by atoms with van der Waals surface area (Å²) in [4.78, 5) is 26.5. The molecule has 1 heterocycles. The lowest BCUT2D eigenvalue weighted by atomic mass is 9.99. The van der Waals surface area contributed by atoms with Crippen molar-refractivity contribution in [3.63, 3.8) is 0 Å². The van der Waals surface area contributed by atoms with Crippen LogP contribution >= 0.6 is 23.2 Å². The molecular formula is C20H20Cl2N2O5. The van der Waals surface area contributed by atoms with Crippen LogP contribution in [0.5, 0.6) is 11.5 Å². The second-order valence-electron chi connectivity index (χ2n) is 6.47. The van der Waals surface area contributed by atoms with E-state index < -0.39 is 12.6 Å². The summed E-state index contributed by atoms with van der Waals surface area (Å²) in [5.41, 5.74) is 7.92. The van der Waals surface area contributed by atoms with Crippen molar-refractivity contribution < 1.29 is 23.8 Å². The topological polar surface area (TPSA) is 91.1 Å². The van der Waals surface area contributed by atoms with Crippen molar-refractivity contribution in [1.82, 2.24) is 4.90 Å². The summed E-state index contributed by atoms with van der Waals surface area (Å²) < 4.78 is 15.8. The summed E-state index contributed by atoms with van der Waals surface area (Å²) in [6, 6.07) is 6.55. The van der Waals surface area contributed by atoms with Gasteiger partial charge in [0, 0.05) is 18.1 Å². The van der Waals surface area contributed by atoms with Gasteiger partial charge >= 0.3 is 5.97 Å². The first-order valence-corrected chi connectivity index (χ1v) is 9.52. The highest BCUT2D eigenvalue weighted by Crippen LogP contribution is 2.33. The molecule has 2 N–H and O–H groups in total. The van der Waals surface area contributed by atoms with Gasteiger partial charge in [-0.2, -0.15) is 0 Å². The molecule has 2 aromatic rings. The number of nitrogen functional groups attached to an aromatic ring is 1. The molecule has 0 aromatic heterocycles. The number of carbonyl (C=O) groups is 2. The average Bonchev–Trinajstić information content (AvgIpc) is 2.72. The zero-order chi connectivity index (χ0) is 21.1. The second-order valence-corrected chi connectivity index (χ2v) is 7.31. The van der Waals surface area contributed by atoms with Gasteiger partial charge in [0.25, 0.3) is 5.91 Å². The Labute approximate surface area is 178 Å². The Morgan fingerprint density at radius 1 is 1.07 bits per heavy atom. The molecule has 1 aliphatic heterocycles. The van der Waals surface area contributed by atoms with Crippen molar-refractivity contribution >= 4 is 40.8 Å². The molecule has 154 valence electrons. The number of rotatable bonds is 5. The molecule has 9 heteroatoms. The van der Waals surface area contributed by atoms with Gasteiger partial charge in [-0.3, -0.25) is 4.79 Å². The summed E-state index contributed by atoms with van der Waals surface area (Å²) in [6.45, 7) is 0.478. The summed E-state index contributed by atoms with van der Waals surface area (Å²) >= 11 is 11.8. The van der Waals surface area contributed by atoms with Gasteiger partial charge in [-0.25, -0.2) is 4.79 Å². The number of hydrogen-bond donors (Lipinski definition) is 1. The maximum atomic E-state index is 12.5. The molecule has 0 spiro atoms. The van der Waals surface area contributed by atoms with Gasteiger partial charge in [-0.15, -0.1) is 0 Å². The van der Waals surface area contributed by atoms with E-state index in [4.69, 9.17) is 43.1 Å².